The van der Waals surface area contributed by atoms with Crippen LogP contribution in [0.2, 0.25) is 0 Å². The summed E-state index contributed by atoms with van der Waals surface area (Å²) in [5.41, 5.74) is 2.45. The van der Waals surface area contributed by atoms with E-state index in [-0.39, 0.29) is 11.7 Å². The second kappa shape index (κ2) is 3.42. The molecule has 16 heavy (non-hydrogen) atoms. The van der Waals surface area contributed by atoms with Crippen LogP contribution >= 0.6 is 0 Å². The first kappa shape index (κ1) is 10.0. The largest absolute Gasteiger partial charge is 0.363 e. The fourth-order valence-electron chi connectivity index (χ4n) is 3.05. The monoisotopic (exact) mass is 216 g/mol. The highest BCUT2D eigenvalue weighted by atomic mass is 16.5. The molecule has 2 aliphatic rings. The highest BCUT2D eigenvalue weighted by Gasteiger charge is 2.45. The second-order valence-corrected chi connectivity index (χ2v) is 4.88. The maximum absolute atomic E-state index is 11.3. The highest BCUT2D eigenvalue weighted by Crippen LogP contribution is 2.50. The number of ether oxygens (including phenoxy) is 1. The third-order valence-electron chi connectivity index (χ3n) is 3.91. The number of hydrogen-bond acceptors (Lipinski definition) is 2. The predicted molar refractivity (Wildman–Crippen MR) is 61.1 cm³/mol. The Morgan fingerprint density at radius 2 is 1.94 bits per heavy atom. The van der Waals surface area contributed by atoms with Crippen LogP contribution in [0.4, 0.5) is 0 Å². The Morgan fingerprint density at radius 3 is 2.69 bits per heavy atom. The molecule has 0 bridgehead atoms. The molecular weight excluding hydrogens is 200 g/mol. The van der Waals surface area contributed by atoms with Crippen molar-refractivity contribution in [2.75, 3.05) is 0 Å². The summed E-state index contributed by atoms with van der Waals surface area (Å²) in [7, 11) is 0. The number of benzene rings is 1. The molecule has 1 heterocycles. The molecule has 1 saturated carbocycles. The molecule has 2 nitrogen and oxygen atoms in total. The molecule has 0 radical (unpaired) electrons. The molecular formula is C14H16O2. The zero-order chi connectivity index (χ0) is 11.2. The summed E-state index contributed by atoms with van der Waals surface area (Å²) in [5.74, 6) is 0.381. The molecule has 84 valence electrons. The van der Waals surface area contributed by atoms with Gasteiger partial charge in [0.2, 0.25) is 0 Å². The molecule has 1 aromatic carbocycles. The summed E-state index contributed by atoms with van der Waals surface area (Å²) < 4.78 is 6.16. The number of carbonyl (C=O) groups excluding carboxylic acids is 1. The molecule has 0 amide bonds. The van der Waals surface area contributed by atoms with Gasteiger partial charge in [-0.2, -0.15) is 0 Å². The van der Waals surface area contributed by atoms with Crippen LogP contribution < -0.4 is 0 Å². The average Bonchev–Trinajstić information content (AvgIpc) is 2.58. The summed E-state index contributed by atoms with van der Waals surface area (Å²) >= 11 is 0. The molecule has 3 rings (SSSR count). The van der Waals surface area contributed by atoms with Gasteiger partial charge in [0, 0.05) is 12.8 Å². The van der Waals surface area contributed by atoms with Crippen molar-refractivity contribution in [3.05, 3.63) is 35.4 Å². The molecule has 1 fully saturated rings. The van der Waals surface area contributed by atoms with Crippen LogP contribution in [-0.4, -0.2) is 5.78 Å². The summed E-state index contributed by atoms with van der Waals surface area (Å²) in [6, 6.07) is 8.43. The Kier molecular flexibility index (Phi) is 2.15. The standard InChI is InChI=1S/C14H16O2/c1-10-12-4-2-3-5-13(12)14(16-10)8-6-11(15)7-9-14/h2-5,10H,6-9H2,1H3. The first-order chi connectivity index (χ1) is 7.71. The van der Waals surface area contributed by atoms with E-state index in [1.807, 2.05) is 0 Å². The van der Waals surface area contributed by atoms with Gasteiger partial charge in [0.05, 0.1) is 11.7 Å². The third-order valence-corrected chi connectivity index (χ3v) is 3.91. The van der Waals surface area contributed by atoms with Gasteiger partial charge in [-0.25, -0.2) is 0 Å². The smallest absolute Gasteiger partial charge is 0.133 e. The van der Waals surface area contributed by atoms with Gasteiger partial charge in [0.15, 0.2) is 0 Å². The van der Waals surface area contributed by atoms with Crippen LogP contribution in [0.25, 0.3) is 0 Å². The van der Waals surface area contributed by atoms with E-state index >= 15 is 0 Å². The predicted octanol–water partition coefficient (Wildman–Crippen LogP) is 3.12. The molecule has 1 atom stereocenters. The minimum absolute atomic E-state index is 0.163. The fraction of sp³-hybridized carbons (Fsp3) is 0.500. The van der Waals surface area contributed by atoms with Gasteiger partial charge in [-0.15, -0.1) is 0 Å². The molecule has 2 heteroatoms. The molecule has 0 aromatic heterocycles. The molecule has 0 saturated heterocycles. The summed E-state index contributed by atoms with van der Waals surface area (Å²) in [5, 5.41) is 0. The number of hydrogen-bond donors (Lipinski definition) is 0. The van der Waals surface area contributed by atoms with Gasteiger partial charge in [-0.05, 0) is 30.9 Å². The topological polar surface area (TPSA) is 26.3 Å². The van der Waals surface area contributed by atoms with E-state index in [9.17, 15) is 4.79 Å². The van der Waals surface area contributed by atoms with Crippen molar-refractivity contribution in [3.8, 4) is 0 Å². The normalized spacial score (nSPS) is 27.1. The van der Waals surface area contributed by atoms with Crippen molar-refractivity contribution in [2.24, 2.45) is 0 Å². The van der Waals surface area contributed by atoms with Crippen molar-refractivity contribution in [1.82, 2.24) is 0 Å². The van der Waals surface area contributed by atoms with Gasteiger partial charge >= 0.3 is 0 Å². The van der Waals surface area contributed by atoms with Crippen LogP contribution in [0, 0.1) is 0 Å². The van der Waals surface area contributed by atoms with E-state index in [1.165, 1.54) is 11.1 Å². The lowest BCUT2D eigenvalue weighted by molar-refractivity contribution is -0.133. The SMILES string of the molecule is CC1OC2(CCC(=O)CC2)c2ccccc21. The highest BCUT2D eigenvalue weighted by molar-refractivity contribution is 5.79. The summed E-state index contributed by atoms with van der Waals surface area (Å²) in [6.07, 6.45) is 3.21. The number of rotatable bonds is 0. The Balaban J connectivity index is 2.02. The fourth-order valence-corrected chi connectivity index (χ4v) is 3.05. The summed E-state index contributed by atoms with van der Waals surface area (Å²) in [4.78, 5) is 11.3. The number of fused-ring (bicyclic) bond motifs is 2. The van der Waals surface area contributed by atoms with Crippen molar-refractivity contribution < 1.29 is 9.53 Å². The molecule has 1 unspecified atom stereocenters. The first-order valence-electron chi connectivity index (χ1n) is 6.00. The van der Waals surface area contributed by atoms with Crippen LogP contribution in [0.1, 0.15) is 49.8 Å². The zero-order valence-corrected chi connectivity index (χ0v) is 9.53. The lowest BCUT2D eigenvalue weighted by Gasteiger charge is -2.33. The maximum Gasteiger partial charge on any atom is 0.133 e. The van der Waals surface area contributed by atoms with Crippen LogP contribution in [0.5, 0.6) is 0 Å². The lowest BCUT2D eigenvalue weighted by atomic mass is 9.79. The molecule has 1 aromatic rings. The summed E-state index contributed by atoms with van der Waals surface area (Å²) in [6.45, 7) is 2.10. The molecule has 0 N–H and O–H groups in total. The van der Waals surface area contributed by atoms with E-state index in [4.69, 9.17) is 4.74 Å². The van der Waals surface area contributed by atoms with Crippen LogP contribution in [0.3, 0.4) is 0 Å². The van der Waals surface area contributed by atoms with Gasteiger partial charge in [0.1, 0.15) is 5.78 Å². The van der Waals surface area contributed by atoms with E-state index < -0.39 is 0 Å². The lowest BCUT2D eigenvalue weighted by Crippen LogP contribution is -2.31. The molecule has 1 aliphatic heterocycles. The Hall–Kier alpha value is -1.15. The van der Waals surface area contributed by atoms with E-state index in [2.05, 4.69) is 31.2 Å². The van der Waals surface area contributed by atoms with E-state index in [0.717, 1.165) is 12.8 Å². The van der Waals surface area contributed by atoms with Gasteiger partial charge in [-0.1, -0.05) is 24.3 Å². The van der Waals surface area contributed by atoms with Crippen LogP contribution in [-0.2, 0) is 15.1 Å². The number of carbonyl (C=O) groups is 1. The number of Topliss-reactive ketones (excluding diaryl/α,β-unsaturated/α-hetero) is 1. The maximum atomic E-state index is 11.3. The second-order valence-electron chi connectivity index (χ2n) is 4.88. The Bertz CT molecular complexity index is 426. The van der Waals surface area contributed by atoms with Crippen molar-refractivity contribution in [2.45, 2.75) is 44.3 Å². The average molecular weight is 216 g/mol. The first-order valence-corrected chi connectivity index (χ1v) is 6.00. The molecule has 1 spiro atoms. The Labute approximate surface area is 95.6 Å². The van der Waals surface area contributed by atoms with Gasteiger partial charge in [-0.3, -0.25) is 4.79 Å². The van der Waals surface area contributed by atoms with Crippen LogP contribution in [0.15, 0.2) is 24.3 Å². The van der Waals surface area contributed by atoms with Crippen molar-refractivity contribution in [3.63, 3.8) is 0 Å². The third kappa shape index (κ3) is 1.33. The minimum Gasteiger partial charge on any atom is -0.363 e. The van der Waals surface area contributed by atoms with E-state index in [0.29, 0.717) is 18.6 Å². The van der Waals surface area contributed by atoms with Gasteiger partial charge < -0.3 is 4.74 Å². The number of ketones is 1. The molecule has 1 aliphatic carbocycles. The Morgan fingerprint density at radius 1 is 1.25 bits per heavy atom. The minimum atomic E-state index is -0.163. The quantitative estimate of drug-likeness (QED) is 0.666. The van der Waals surface area contributed by atoms with Crippen molar-refractivity contribution >= 4 is 5.78 Å². The zero-order valence-electron chi connectivity index (χ0n) is 9.53. The van der Waals surface area contributed by atoms with Gasteiger partial charge in [0.25, 0.3) is 0 Å². The van der Waals surface area contributed by atoms with E-state index in [1.54, 1.807) is 0 Å². The van der Waals surface area contributed by atoms with Crippen molar-refractivity contribution in [1.29, 1.82) is 0 Å².